The normalized spacial score (nSPS) is 21.3. The number of benzene rings is 1. The quantitative estimate of drug-likeness (QED) is 0.799. The molecule has 1 heterocycles. The Morgan fingerprint density at radius 3 is 2.54 bits per heavy atom. The molecule has 26 heavy (non-hydrogen) atoms. The maximum absolute atomic E-state index is 13.1. The van der Waals surface area contributed by atoms with Crippen molar-refractivity contribution in [2.24, 2.45) is 13.0 Å². The summed E-state index contributed by atoms with van der Waals surface area (Å²) in [6, 6.07) is 2.95. The molecule has 8 heteroatoms. The second-order valence-electron chi connectivity index (χ2n) is 7.02. The van der Waals surface area contributed by atoms with Crippen LogP contribution in [0.15, 0.2) is 29.4 Å². The number of aryl methyl sites for hydroxylation is 3. The number of nitrogens with one attached hydrogen (secondary N) is 1. The largest absolute Gasteiger partial charge is 0.496 e. The number of rotatable bonds is 6. The Bertz CT molecular complexity index is 901. The summed E-state index contributed by atoms with van der Waals surface area (Å²) in [5.41, 5.74) is 2.19. The summed E-state index contributed by atoms with van der Waals surface area (Å²) in [6.45, 7) is 3.57. The number of ether oxygens (including phenoxy) is 1. The Balaban J connectivity index is 1.94. The van der Waals surface area contributed by atoms with Crippen molar-refractivity contribution in [2.45, 2.75) is 43.7 Å². The van der Waals surface area contributed by atoms with Crippen LogP contribution in [0.25, 0.3) is 0 Å². The van der Waals surface area contributed by atoms with Crippen molar-refractivity contribution in [3.05, 3.63) is 41.2 Å². The Morgan fingerprint density at radius 1 is 1.31 bits per heavy atom. The van der Waals surface area contributed by atoms with E-state index in [0.29, 0.717) is 24.2 Å². The van der Waals surface area contributed by atoms with Crippen molar-refractivity contribution < 1.29 is 18.3 Å². The van der Waals surface area contributed by atoms with Gasteiger partial charge in [-0.1, -0.05) is 0 Å². The highest BCUT2D eigenvalue weighted by Gasteiger charge is 2.38. The van der Waals surface area contributed by atoms with Crippen LogP contribution < -0.4 is 9.46 Å². The molecule has 1 saturated carbocycles. The van der Waals surface area contributed by atoms with E-state index in [9.17, 15) is 13.5 Å². The summed E-state index contributed by atoms with van der Waals surface area (Å²) in [6.07, 6.45) is 4.26. The number of hydrogen-bond acceptors (Lipinski definition) is 5. The number of aromatic nitrogens is 2. The minimum atomic E-state index is -3.74. The first-order valence-corrected chi connectivity index (χ1v) is 10.0. The molecule has 0 spiro atoms. The van der Waals surface area contributed by atoms with Crippen molar-refractivity contribution >= 4 is 10.0 Å². The molecule has 1 aliphatic carbocycles. The van der Waals surface area contributed by atoms with Gasteiger partial charge in [0.05, 0.1) is 30.3 Å². The van der Waals surface area contributed by atoms with Crippen molar-refractivity contribution in [2.75, 3.05) is 7.11 Å². The smallest absolute Gasteiger partial charge is 0.241 e. The predicted molar refractivity (Wildman–Crippen MR) is 97.5 cm³/mol. The molecule has 142 valence electrons. The lowest BCUT2D eigenvalue weighted by Gasteiger charge is -2.37. The highest BCUT2D eigenvalue weighted by Crippen LogP contribution is 2.39. The van der Waals surface area contributed by atoms with E-state index in [0.717, 1.165) is 11.1 Å². The van der Waals surface area contributed by atoms with Gasteiger partial charge >= 0.3 is 0 Å². The number of nitrogens with zero attached hydrogens (tertiary/aromatic N) is 2. The summed E-state index contributed by atoms with van der Waals surface area (Å²) in [7, 11) is -0.382. The van der Waals surface area contributed by atoms with E-state index in [1.54, 1.807) is 44.1 Å². The number of hydrogen-bond donors (Lipinski definition) is 2. The molecule has 1 aliphatic rings. The Hall–Kier alpha value is -1.90. The number of sulfonamides is 1. The van der Waals surface area contributed by atoms with Crippen LogP contribution in [0, 0.1) is 19.8 Å². The number of aliphatic hydroxyl groups is 1. The van der Waals surface area contributed by atoms with Gasteiger partial charge in [0, 0.05) is 18.8 Å². The van der Waals surface area contributed by atoms with Gasteiger partial charge in [-0.3, -0.25) is 4.68 Å². The highest BCUT2D eigenvalue weighted by atomic mass is 32.2. The Kier molecular flexibility index (Phi) is 5.09. The minimum absolute atomic E-state index is 0.0450. The van der Waals surface area contributed by atoms with Crippen LogP contribution in [0.4, 0.5) is 0 Å². The van der Waals surface area contributed by atoms with Gasteiger partial charge in [0.25, 0.3) is 0 Å². The second-order valence-corrected chi connectivity index (χ2v) is 8.70. The molecule has 1 aromatic carbocycles. The standard InChI is InChI=1S/C18H25N3O4S/c1-11-6-17(12(2)5-16(11)25-4)26(23,24)20-18(13-7-15(22)8-13)14-9-19-21(3)10-14/h5-6,9-10,13,15,18,20,22H,7-8H2,1-4H3/t13?,15?,18-/m0/s1. The highest BCUT2D eigenvalue weighted by molar-refractivity contribution is 7.89. The fourth-order valence-corrected chi connectivity index (χ4v) is 5.05. The first kappa shape index (κ1) is 18.9. The van der Waals surface area contributed by atoms with Crippen LogP contribution in [0.5, 0.6) is 5.75 Å². The molecule has 0 radical (unpaired) electrons. The molecular weight excluding hydrogens is 354 g/mol. The monoisotopic (exact) mass is 379 g/mol. The summed E-state index contributed by atoms with van der Waals surface area (Å²) in [5.74, 6) is 0.705. The zero-order valence-electron chi connectivity index (χ0n) is 15.4. The fourth-order valence-electron chi connectivity index (χ4n) is 3.44. The summed E-state index contributed by atoms with van der Waals surface area (Å²) in [5, 5.41) is 13.8. The van der Waals surface area contributed by atoms with E-state index < -0.39 is 16.1 Å². The van der Waals surface area contributed by atoms with E-state index >= 15 is 0 Å². The Labute approximate surface area is 154 Å². The van der Waals surface area contributed by atoms with E-state index in [1.165, 1.54) is 0 Å². The van der Waals surface area contributed by atoms with E-state index in [-0.39, 0.29) is 16.9 Å². The molecule has 7 nitrogen and oxygen atoms in total. The maximum atomic E-state index is 13.1. The zero-order valence-corrected chi connectivity index (χ0v) is 16.2. The second kappa shape index (κ2) is 7.02. The molecule has 0 amide bonds. The van der Waals surface area contributed by atoms with Crippen molar-refractivity contribution in [3.63, 3.8) is 0 Å². The number of methoxy groups -OCH3 is 1. The average Bonchev–Trinajstić information content (AvgIpc) is 2.98. The molecule has 0 aliphatic heterocycles. The van der Waals surface area contributed by atoms with Gasteiger partial charge in [0.1, 0.15) is 5.75 Å². The first-order valence-electron chi connectivity index (χ1n) is 8.55. The van der Waals surface area contributed by atoms with Crippen molar-refractivity contribution in [1.82, 2.24) is 14.5 Å². The summed E-state index contributed by atoms with van der Waals surface area (Å²) in [4.78, 5) is 0.240. The summed E-state index contributed by atoms with van der Waals surface area (Å²) >= 11 is 0. The summed E-state index contributed by atoms with van der Waals surface area (Å²) < 4.78 is 35.9. The third kappa shape index (κ3) is 3.62. The molecule has 1 fully saturated rings. The van der Waals surface area contributed by atoms with Crippen LogP contribution >= 0.6 is 0 Å². The molecule has 1 atom stereocenters. The van der Waals surface area contributed by atoms with Crippen molar-refractivity contribution in [3.8, 4) is 5.75 Å². The Morgan fingerprint density at radius 2 is 2.00 bits per heavy atom. The maximum Gasteiger partial charge on any atom is 0.241 e. The molecular formula is C18H25N3O4S. The van der Waals surface area contributed by atoms with E-state index in [4.69, 9.17) is 4.74 Å². The zero-order chi connectivity index (χ0) is 19.1. The van der Waals surface area contributed by atoms with Gasteiger partial charge in [-0.15, -0.1) is 0 Å². The van der Waals surface area contributed by atoms with Crippen LogP contribution in [-0.4, -0.2) is 36.5 Å². The van der Waals surface area contributed by atoms with Gasteiger partial charge in [-0.05, 0) is 55.9 Å². The lowest BCUT2D eigenvalue weighted by molar-refractivity contribution is 0.0280. The van der Waals surface area contributed by atoms with Crippen LogP contribution in [0.2, 0.25) is 0 Å². The SMILES string of the molecule is COc1cc(C)c(S(=O)(=O)N[C@H](c2cnn(C)c2)C2CC(O)C2)cc1C. The minimum Gasteiger partial charge on any atom is -0.496 e. The molecule has 2 N–H and O–H groups in total. The van der Waals surface area contributed by atoms with Crippen LogP contribution in [0.1, 0.15) is 35.6 Å². The molecule has 0 bridgehead atoms. The molecule has 3 rings (SSSR count). The number of aliphatic hydroxyl groups excluding tert-OH is 1. The average molecular weight is 379 g/mol. The van der Waals surface area contributed by atoms with Gasteiger partial charge in [0.15, 0.2) is 0 Å². The van der Waals surface area contributed by atoms with Gasteiger partial charge < -0.3 is 9.84 Å². The van der Waals surface area contributed by atoms with Crippen LogP contribution in [0.3, 0.4) is 0 Å². The third-order valence-corrected chi connectivity index (χ3v) is 6.55. The third-order valence-electron chi connectivity index (χ3n) is 4.97. The van der Waals surface area contributed by atoms with Gasteiger partial charge in [-0.25, -0.2) is 13.1 Å². The van der Waals surface area contributed by atoms with Gasteiger partial charge in [-0.2, -0.15) is 5.10 Å². The molecule has 0 unspecified atom stereocenters. The predicted octanol–water partition coefficient (Wildman–Crippen LogP) is 1.84. The molecule has 2 aromatic rings. The lowest BCUT2D eigenvalue weighted by Crippen LogP contribution is -2.41. The fraction of sp³-hybridized carbons (Fsp3) is 0.500. The van der Waals surface area contributed by atoms with E-state index in [2.05, 4.69) is 9.82 Å². The van der Waals surface area contributed by atoms with Gasteiger partial charge in [0.2, 0.25) is 10.0 Å². The van der Waals surface area contributed by atoms with Crippen molar-refractivity contribution in [1.29, 1.82) is 0 Å². The van der Waals surface area contributed by atoms with E-state index in [1.807, 2.05) is 13.1 Å². The van der Waals surface area contributed by atoms with Crippen LogP contribution in [-0.2, 0) is 17.1 Å². The lowest BCUT2D eigenvalue weighted by atomic mass is 9.76. The topological polar surface area (TPSA) is 93.5 Å². The molecule has 1 aromatic heterocycles. The first-order chi connectivity index (χ1) is 12.2. The molecule has 0 saturated heterocycles.